The van der Waals surface area contributed by atoms with Crippen molar-refractivity contribution in [1.29, 1.82) is 0 Å². The molecule has 1 aromatic carbocycles. The van der Waals surface area contributed by atoms with E-state index in [9.17, 15) is 23.1 Å². The molecule has 35 heavy (non-hydrogen) atoms. The Balaban J connectivity index is 2.11. The van der Waals surface area contributed by atoms with E-state index < -0.39 is 37.1 Å². The Morgan fingerprint density at radius 1 is 1.26 bits per heavy atom. The summed E-state index contributed by atoms with van der Waals surface area (Å²) in [5.74, 6) is -0.453. The lowest BCUT2D eigenvalue weighted by molar-refractivity contribution is -0.170. The number of anilines is 1. The second kappa shape index (κ2) is 10.2. The maximum atomic E-state index is 13.1. The number of hydrogen-bond acceptors (Lipinski definition) is 6. The molecule has 2 heterocycles. The maximum Gasteiger partial charge on any atom is 0.390 e. The molecule has 0 aliphatic rings. The lowest BCUT2D eigenvalue weighted by Gasteiger charge is -2.34. The van der Waals surface area contributed by atoms with Crippen molar-refractivity contribution in [2.75, 3.05) is 18.6 Å². The first-order valence-corrected chi connectivity index (χ1v) is 11.5. The van der Waals surface area contributed by atoms with Crippen molar-refractivity contribution in [2.24, 2.45) is 0 Å². The van der Waals surface area contributed by atoms with Gasteiger partial charge < -0.3 is 19.5 Å². The molecule has 0 bridgehead atoms. The second-order valence-electron chi connectivity index (χ2n) is 9.02. The van der Waals surface area contributed by atoms with Gasteiger partial charge in [-0.25, -0.2) is 9.78 Å². The molecule has 0 spiro atoms. The number of imidazole rings is 1. The van der Waals surface area contributed by atoms with E-state index in [0.29, 0.717) is 26.9 Å². The summed E-state index contributed by atoms with van der Waals surface area (Å²) in [6, 6.07) is 6.77. The number of carbonyl (C=O) groups excluding carboxylic acids is 1. The van der Waals surface area contributed by atoms with Crippen molar-refractivity contribution in [3.05, 3.63) is 52.3 Å². The predicted octanol–water partition coefficient (Wildman–Crippen LogP) is 5.71. The third-order valence-corrected chi connectivity index (χ3v) is 5.59. The molecule has 0 radical (unpaired) electrons. The van der Waals surface area contributed by atoms with E-state index in [-0.39, 0.29) is 5.69 Å². The van der Waals surface area contributed by atoms with Crippen LogP contribution >= 0.6 is 15.9 Å². The number of hydrogen-bond donors (Lipinski definition) is 1. The summed E-state index contributed by atoms with van der Waals surface area (Å²) in [6.07, 6.45) is -3.92. The maximum absolute atomic E-state index is 13.1. The van der Waals surface area contributed by atoms with Crippen LogP contribution in [0.2, 0.25) is 0 Å². The number of rotatable bonds is 7. The Labute approximate surface area is 209 Å². The summed E-state index contributed by atoms with van der Waals surface area (Å²) in [4.78, 5) is 17.5. The minimum absolute atomic E-state index is 0.259. The molecule has 0 aliphatic heterocycles. The van der Waals surface area contributed by atoms with Crippen molar-refractivity contribution in [3.63, 3.8) is 0 Å². The molecule has 1 N–H and O–H groups in total. The van der Waals surface area contributed by atoms with Crippen LogP contribution in [0.15, 0.2) is 41.1 Å². The number of ether oxygens (including phenoxy) is 2. The number of pyridine rings is 1. The molecule has 3 rings (SSSR count). The monoisotopic (exact) mass is 557 g/mol. The lowest BCUT2D eigenvalue weighted by Crippen LogP contribution is -2.43. The number of aliphatic hydroxyl groups excluding tert-OH is 1. The molecule has 1 atom stereocenters. The summed E-state index contributed by atoms with van der Waals surface area (Å²) < 4.78 is 51.9. The first kappa shape index (κ1) is 27.0. The van der Waals surface area contributed by atoms with Crippen LogP contribution in [0.1, 0.15) is 43.1 Å². The molecule has 0 saturated heterocycles. The van der Waals surface area contributed by atoms with Gasteiger partial charge in [-0.1, -0.05) is 6.07 Å². The molecule has 1 unspecified atom stereocenters. The van der Waals surface area contributed by atoms with Crippen molar-refractivity contribution >= 4 is 33.2 Å². The topological polar surface area (TPSA) is 76.3 Å². The second-order valence-corrected chi connectivity index (χ2v) is 9.93. The highest BCUT2D eigenvalue weighted by Crippen LogP contribution is 2.33. The average Bonchev–Trinajstić information content (AvgIpc) is 3.14. The van der Waals surface area contributed by atoms with Crippen LogP contribution in [0, 0.1) is 6.92 Å². The van der Waals surface area contributed by atoms with Crippen LogP contribution < -0.4 is 4.90 Å². The Morgan fingerprint density at radius 3 is 2.51 bits per heavy atom. The number of carbonyl (C=O) groups is 1. The minimum atomic E-state index is -4.43. The van der Waals surface area contributed by atoms with Gasteiger partial charge in [0.1, 0.15) is 0 Å². The zero-order chi connectivity index (χ0) is 26.1. The summed E-state index contributed by atoms with van der Waals surface area (Å²) in [5, 5.41) is 10.8. The summed E-state index contributed by atoms with van der Waals surface area (Å²) in [7, 11) is 1.31. The number of nitrogens with zero attached hydrogens (tertiary/aromatic N) is 3. The van der Waals surface area contributed by atoms with Crippen molar-refractivity contribution in [2.45, 2.75) is 52.3 Å². The molecular formula is C24H27BrF3N3O4. The summed E-state index contributed by atoms with van der Waals surface area (Å²) >= 11 is 3.42. The number of fused-ring (bicyclic) bond motifs is 1. The number of aromatic nitrogens is 2. The van der Waals surface area contributed by atoms with Crippen LogP contribution in [-0.4, -0.2) is 52.3 Å². The van der Waals surface area contributed by atoms with Crippen LogP contribution in [0.25, 0.3) is 16.9 Å². The van der Waals surface area contributed by atoms with Crippen LogP contribution in [0.4, 0.5) is 18.9 Å². The first-order chi connectivity index (χ1) is 16.2. The molecule has 0 amide bonds. The standard InChI is InChI=1S/C24H27BrF3N3O4/c1-14-10-15(6-7-17(14)21(32)34-5)19-12-29-20-18(11-16(25)13-31(19)20)30(9-8-24(26,27)28)22(33)35-23(2,3)4/h6-7,10-13,22,33H,8-9H2,1-5H3. The number of alkyl halides is 3. The predicted molar refractivity (Wildman–Crippen MR) is 129 cm³/mol. The molecule has 7 nitrogen and oxygen atoms in total. The van der Waals surface area contributed by atoms with E-state index in [2.05, 4.69) is 20.9 Å². The Kier molecular flexibility index (Phi) is 7.83. The Bertz CT molecular complexity index is 1220. The fraction of sp³-hybridized carbons (Fsp3) is 0.417. The van der Waals surface area contributed by atoms with Crippen molar-refractivity contribution < 1.29 is 32.5 Å². The number of esters is 1. The van der Waals surface area contributed by atoms with E-state index in [1.54, 1.807) is 68.8 Å². The average molecular weight is 558 g/mol. The van der Waals surface area contributed by atoms with E-state index >= 15 is 0 Å². The molecule has 11 heteroatoms. The third kappa shape index (κ3) is 6.53. The van der Waals surface area contributed by atoms with Gasteiger partial charge in [0.15, 0.2) is 5.65 Å². The zero-order valence-corrected chi connectivity index (χ0v) is 21.6. The fourth-order valence-electron chi connectivity index (χ4n) is 3.60. The van der Waals surface area contributed by atoms with Crippen molar-refractivity contribution in [1.82, 2.24) is 9.38 Å². The normalized spacial score (nSPS) is 13.2. The quantitative estimate of drug-likeness (QED) is 0.296. The van der Waals surface area contributed by atoms with Gasteiger partial charge in [0.2, 0.25) is 6.41 Å². The minimum Gasteiger partial charge on any atom is -0.465 e. The molecule has 0 saturated carbocycles. The van der Waals surface area contributed by atoms with E-state index in [1.807, 2.05) is 0 Å². The van der Waals surface area contributed by atoms with Gasteiger partial charge in [-0.3, -0.25) is 4.40 Å². The SMILES string of the molecule is COC(=O)c1ccc(-c2cnc3c(N(CCC(F)(F)F)C(O)OC(C)(C)C)cc(Br)cn23)cc1C. The van der Waals surface area contributed by atoms with Gasteiger partial charge in [-0.15, -0.1) is 0 Å². The van der Waals surface area contributed by atoms with Crippen LogP contribution in [0.3, 0.4) is 0 Å². The van der Waals surface area contributed by atoms with E-state index in [1.165, 1.54) is 7.11 Å². The highest BCUT2D eigenvalue weighted by molar-refractivity contribution is 9.10. The highest BCUT2D eigenvalue weighted by Gasteiger charge is 2.32. The summed E-state index contributed by atoms with van der Waals surface area (Å²) in [6.45, 7) is 6.33. The molecule has 190 valence electrons. The van der Waals surface area contributed by atoms with Gasteiger partial charge in [0.25, 0.3) is 0 Å². The molecule has 0 aliphatic carbocycles. The molecule has 0 fully saturated rings. The molecular weight excluding hydrogens is 531 g/mol. The van der Waals surface area contributed by atoms with Gasteiger partial charge in [0, 0.05) is 22.8 Å². The zero-order valence-electron chi connectivity index (χ0n) is 20.0. The summed E-state index contributed by atoms with van der Waals surface area (Å²) in [5.41, 5.74) is 2.28. The van der Waals surface area contributed by atoms with E-state index in [0.717, 1.165) is 10.5 Å². The van der Waals surface area contributed by atoms with E-state index in [4.69, 9.17) is 9.47 Å². The lowest BCUT2D eigenvalue weighted by atomic mass is 10.0. The largest absolute Gasteiger partial charge is 0.465 e. The van der Waals surface area contributed by atoms with Gasteiger partial charge in [0.05, 0.1) is 42.3 Å². The third-order valence-electron chi connectivity index (χ3n) is 5.15. The molecule has 2 aromatic heterocycles. The first-order valence-electron chi connectivity index (χ1n) is 10.8. The number of aryl methyl sites for hydroxylation is 1. The fourth-order valence-corrected chi connectivity index (χ4v) is 4.02. The smallest absolute Gasteiger partial charge is 0.390 e. The number of aliphatic hydroxyl groups is 1. The number of halogens is 4. The van der Waals surface area contributed by atoms with Gasteiger partial charge in [-0.2, -0.15) is 13.2 Å². The highest BCUT2D eigenvalue weighted by atomic mass is 79.9. The Hall–Kier alpha value is -2.63. The van der Waals surface area contributed by atoms with Crippen LogP contribution in [-0.2, 0) is 9.47 Å². The van der Waals surface area contributed by atoms with Gasteiger partial charge >= 0.3 is 12.1 Å². The molecule has 3 aromatic rings. The van der Waals surface area contributed by atoms with Crippen molar-refractivity contribution in [3.8, 4) is 11.3 Å². The van der Waals surface area contributed by atoms with Gasteiger partial charge in [-0.05, 0) is 67.4 Å². The number of methoxy groups -OCH3 is 1. The van der Waals surface area contributed by atoms with Crippen LogP contribution in [0.5, 0.6) is 0 Å². The number of benzene rings is 1. The Morgan fingerprint density at radius 2 is 1.94 bits per heavy atom.